The lowest BCUT2D eigenvalue weighted by Gasteiger charge is -2.05. The highest BCUT2D eigenvalue weighted by atomic mass is 15.2. The number of para-hydroxylation sites is 1. The first kappa shape index (κ1) is 13.6. The summed E-state index contributed by atoms with van der Waals surface area (Å²) in [5.74, 6) is 0.766. The largest absolute Gasteiger partial charge is 0.347 e. The third-order valence-corrected chi connectivity index (χ3v) is 3.94. The van der Waals surface area contributed by atoms with E-state index in [1.807, 2.05) is 30.3 Å². The van der Waals surface area contributed by atoms with Crippen molar-refractivity contribution >= 4 is 10.9 Å². The van der Waals surface area contributed by atoms with Crippen LogP contribution in [0.1, 0.15) is 5.82 Å². The van der Waals surface area contributed by atoms with Gasteiger partial charge in [0.15, 0.2) is 5.82 Å². The smallest absolute Gasteiger partial charge is 0.152 e. The summed E-state index contributed by atoms with van der Waals surface area (Å²) in [7, 11) is 0. The molecule has 4 heteroatoms. The highest BCUT2D eigenvalue weighted by Crippen LogP contribution is 2.16. The molecule has 4 nitrogen and oxygen atoms in total. The van der Waals surface area contributed by atoms with Gasteiger partial charge in [0.05, 0.1) is 6.20 Å². The highest BCUT2D eigenvalue weighted by Gasteiger charge is 2.04. The van der Waals surface area contributed by atoms with Crippen LogP contribution in [0, 0.1) is 0 Å². The topological polar surface area (TPSA) is 43.6 Å². The normalized spacial score (nSPS) is 11.0. The quantitative estimate of drug-likeness (QED) is 0.576. The van der Waals surface area contributed by atoms with E-state index in [9.17, 15) is 0 Å². The van der Waals surface area contributed by atoms with Gasteiger partial charge in [-0.25, -0.2) is 4.98 Å². The van der Waals surface area contributed by atoms with Crippen molar-refractivity contribution in [3.05, 3.63) is 78.9 Å². The Labute approximate surface area is 134 Å². The molecule has 4 rings (SSSR count). The third-order valence-electron chi connectivity index (χ3n) is 3.94. The molecule has 0 unspecified atom stereocenters. The van der Waals surface area contributed by atoms with E-state index in [2.05, 4.69) is 56.3 Å². The molecule has 0 spiro atoms. The van der Waals surface area contributed by atoms with Crippen molar-refractivity contribution in [1.29, 1.82) is 0 Å². The minimum absolute atomic E-state index is 0.765. The molecule has 23 heavy (non-hydrogen) atoms. The number of nitrogens with zero attached hydrogens (tertiary/aromatic N) is 4. The highest BCUT2D eigenvalue weighted by molar-refractivity contribution is 5.79. The number of rotatable bonds is 4. The van der Waals surface area contributed by atoms with Crippen LogP contribution >= 0.6 is 0 Å². The number of fused-ring (bicyclic) bond motifs is 1. The van der Waals surface area contributed by atoms with Crippen molar-refractivity contribution in [3.63, 3.8) is 0 Å². The lowest BCUT2D eigenvalue weighted by atomic mass is 10.2. The van der Waals surface area contributed by atoms with Crippen molar-refractivity contribution in [3.8, 4) is 11.3 Å². The predicted molar refractivity (Wildman–Crippen MR) is 90.9 cm³/mol. The number of benzene rings is 2. The maximum Gasteiger partial charge on any atom is 0.152 e. The Morgan fingerprint density at radius 2 is 1.65 bits per heavy atom. The van der Waals surface area contributed by atoms with Crippen LogP contribution in [-0.4, -0.2) is 19.7 Å². The summed E-state index contributed by atoms with van der Waals surface area (Å²) in [6, 6.07) is 20.5. The van der Waals surface area contributed by atoms with Gasteiger partial charge in [-0.3, -0.25) is 0 Å². The summed E-state index contributed by atoms with van der Waals surface area (Å²) in [6.45, 7) is 0.847. The molecule has 2 heterocycles. The number of hydrogen-bond acceptors (Lipinski definition) is 3. The first-order chi connectivity index (χ1) is 11.4. The Hall–Kier alpha value is -3.01. The van der Waals surface area contributed by atoms with Crippen molar-refractivity contribution in [2.24, 2.45) is 0 Å². The van der Waals surface area contributed by atoms with Crippen LogP contribution in [0.4, 0.5) is 0 Å². The lowest BCUT2D eigenvalue weighted by molar-refractivity contribution is 0.680. The van der Waals surface area contributed by atoms with Gasteiger partial charge < -0.3 is 4.57 Å². The monoisotopic (exact) mass is 300 g/mol. The summed E-state index contributed by atoms with van der Waals surface area (Å²) in [4.78, 5) is 4.45. The molecule has 0 fully saturated rings. The molecule has 112 valence electrons. The van der Waals surface area contributed by atoms with Crippen molar-refractivity contribution in [2.45, 2.75) is 13.0 Å². The lowest BCUT2D eigenvalue weighted by Crippen LogP contribution is -2.05. The summed E-state index contributed by atoms with van der Waals surface area (Å²) in [5.41, 5.74) is 3.08. The SMILES string of the molecule is c1ccc(-c2cnc(CCn3ccc4ccccc43)nn2)cc1. The van der Waals surface area contributed by atoms with Gasteiger partial charge in [0.1, 0.15) is 5.69 Å². The molecular formula is C19H16N4. The zero-order valence-corrected chi connectivity index (χ0v) is 12.6. The molecule has 0 bridgehead atoms. The van der Waals surface area contributed by atoms with E-state index in [0.29, 0.717) is 0 Å². The van der Waals surface area contributed by atoms with Crippen LogP contribution in [0.25, 0.3) is 22.2 Å². The fourth-order valence-corrected chi connectivity index (χ4v) is 2.71. The van der Waals surface area contributed by atoms with Gasteiger partial charge in [-0.05, 0) is 17.5 Å². The third kappa shape index (κ3) is 2.83. The minimum atomic E-state index is 0.765. The molecule has 0 saturated carbocycles. The zero-order chi connectivity index (χ0) is 15.5. The van der Waals surface area contributed by atoms with E-state index < -0.39 is 0 Å². The molecule has 2 aromatic carbocycles. The molecule has 0 N–H and O–H groups in total. The summed E-state index contributed by atoms with van der Waals surface area (Å²) in [6.07, 6.45) is 4.67. The van der Waals surface area contributed by atoms with Crippen LogP contribution in [0.15, 0.2) is 73.1 Å². The first-order valence-corrected chi connectivity index (χ1v) is 7.68. The van der Waals surface area contributed by atoms with Gasteiger partial charge in [-0.15, -0.1) is 10.2 Å². The second-order valence-electron chi connectivity index (χ2n) is 5.44. The van der Waals surface area contributed by atoms with Gasteiger partial charge in [-0.1, -0.05) is 48.5 Å². The molecule has 0 atom stereocenters. The fourth-order valence-electron chi connectivity index (χ4n) is 2.71. The van der Waals surface area contributed by atoms with Crippen molar-refractivity contribution < 1.29 is 0 Å². The predicted octanol–water partition coefficient (Wildman–Crippen LogP) is 3.74. The Balaban J connectivity index is 1.49. The molecule has 4 aromatic rings. The van der Waals surface area contributed by atoms with E-state index in [-0.39, 0.29) is 0 Å². The van der Waals surface area contributed by atoms with E-state index >= 15 is 0 Å². The second kappa shape index (κ2) is 6.01. The Morgan fingerprint density at radius 1 is 0.826 bits per heavy atom. The standard InChI is InChI=1S/C19H16N4/c1-2-6-15(7-3-1)17-14-20-19(22-21-17)11-13-23-12-10-16-8-4-5-9-18(16)23/h1-10,12,14H,11,13H2. The molecule has 0 aliphatic heterocycles. The van der Waals surface area contributed by atoms with Gasteiger partial charge in [0.2, 0.25) is 0 Å². The Morgan fingerprint density at radius 3 is 2.48 bits per heavy atom. The van der Waals surface area contributed by atoms with Crippen LogP contribution < -0.4 is 0 Å². The number of hydrogen-bond donors (Lipinski definition) is 0. The second-order valence-corrected chi connectivity index (χ2v) is 5.44. The summed E-state index contributed by atoms with van der Waals surface area (Å²) >= 11 is 0. The minimum Gasteiger partial charge on any atom is -0.347 e. The molecule has 0 saturated heterocycles. The van der Waals surface area contributed by atoms with E-state index in [4.69, 9.17) is 0 Å². The zero-order valence-electron chi connectivity index (χ0n) is 12.6. The van der Waals surface area contributed by atoms with E-state index in [0.717, 1.165) is 30.0 Å². The van der Waals surface area contributed by atoms with Gasteiger partial charge in [-0.2, -0.15) is 0 Å². The Kier molecular flexibility index (Phi) is 3.56. The molecule has 0 amide bonds. The van der Waals surface area contributed by atoms with E-state index in [1.54, 1.807) is 6.20 Å². The maximum atomic E-state index is 4.45. The van der Waals surface area contributed by atoms with Crippen LogP contribution in [0.3, 0.4) is 0 Å². The molecule has 0 radical (unpaired) electrons. The summed E-state index contributed by atoms with van der Waals surface area (Å²) in [5, 5.41) is 9.81. The number of aryl methyl sites for hydroxylation is 2. The molecule has 0 aliphatic rings. The fraction of sp³-hybridized carbons (Fsp3) is 0.105. The van der Waals surface area contributed by atoms with Crippen molar-refractivity contribution in [1.82, 2.24) is 19.7 Å². The molecule has 2 aromatic heterocycles. The van der Waals surface area contributed by atoms with Gasteiger partial charge in [0.25, 0.3) is 0 Å². The van der Waals surface area contributed by atoms with Crippen LogP contribution in [-0.2, 0) is 13.0 Å². The van der Waals surface area contributed by atoms with Crippen molar-refractivity contribution in [2.75, 3.05) is 0 Å². The maximum absolute atomic E-state index is 4.45. The molecule has 0 aliphatic carbocycles. The van der Waals surface area contributed by atoms with E-state index in [1.165, 1.54) is 10.9 Å². The average molecular weight is 300 g/mol. The number of aromatic nitrogens is 4. The molecular weight excluding hydrogens is 284 g/mol. The Bertz CT molecular complexity index is 911. The van der Waals surface area contributed by atoms with Crippen LogP contribution in [0.5, 0.6) is 0 Å². The van der Waals surface area contributed by atoms with Gasteiger partial charge in [0, 0.05) is 30.2 Å². The van der Waals surface area contributed by atoms with Gasteiger partial charge >= 0.3 is 0 Å². The first-order valence-electron chi connectivity index (χ1n) is 7.68. The average Bonchev–Trinajstić information content (AvgIpc) is 3.04. The summed E-state index contributed by atoms with van der Waals surface area (Å²) < 4.78 is 2.23. The van der Waals surface area contributed by atoms with Crippen LogP contribution in [0.2, 0.25) is 0 Å².